The molecule has 5 rings (SSSR count). The predicted octanol–water partition coefficient (Wildman–Crippen LogP) is 8.33. The van der Waals surface area contributed by atoms with Gasteiger partial charge in [0.25, 0.3) is 0 Å². The van der Waals surface area contributed by atoms with Crippen LogP contribution in [0.4, 0.5) is 0 Å². The lowest BCUT2D eigenvalue weighted by Gasteiger charge is -2.39. The largest absolute Gasteiger partial charge is 0.461 e. The number of carbonyl (C=O) groups is 10. The molecule has 692 valence electrons. The molecule has 5 fully saturated rings. The third-order valence-corrected chi connectivity index (χ3v) is 25.3. The Morgan fingerprint density at radius 3 is 0.467 bits per heavy atom. The Hall–Kier alpha value is -5.62. The Morgan fingerprint density at radius 1 is 0.200 bits per heavy atom. The van der Waals surface area contributed by atoms with Gasteiger partial charge in [-0.2, -0.15) is 0 Å². The topological polar surface area (TPSA) is 253 Å². The maximum Gasteiger partial charge on any atom is 0.310 e. The molecule has 0 spiro atoms. The van der Waals surface area contributed by atoms with Crippen LogP contribution in [0.15, 0.2) is 0 Å². The lowest BCUT2D eigenvalue weighted by atomic mass is 9.77. The van der Waals surface area contributed by atoms with Crippen molar-refractivity contribution in [2.45, 2.75) is 232 Å². The van der Waals surface area contributed by atoms with Crippen LogP contribution in [0, 0.1) is 59.2 Å². The normalized spacial score (nSPS) is 22.7. The van der Waals surface area contributed by atoms with Crippen molar-refractivity contribution in [2.24, 2.45) is 59.2 Å². The number of amides is 6. The van der Waals surface area contributed by atoms with E-state index in [1.807, 2.05) is 132 Å². The first kappa shape index (κ1) is 105. The van der Waals surface area contributed by atoms with Crippen molar-refractivity contribution in [2.75, 3.05) is 244 Å². The molecule has 0 N–H and O–H groups in total. The smallest absolute Gasteiger partial charge is 0.310 e. The fourth-order valence-corrected chi connectivity index (χ4v) is 19.0. The van der Waals surface area contributed by atoms with Gasteiger partial charge in [0.05, 0.1) is 73.5 Å². The number of rotatable bonds is 54. The molecule has 0 aromatic carbocycles. The van der Waals surface area contributed by atoms with Crippen molar-refractivity contribution < 1.29 is 66.9 Å². The first-order chi connectivity index (χ1) is 57.0. The molecular formula is C92H170N14O14. The van der Waals surface area contributed by atoms with Crippen molar-refractivity contribution in [1.29, 1.82) is 0 Å². The minimum Gasteiger partial charge on any atom is -0.461 e. The molecule has 5 aliphatic rings. The number of hydrogen-bond donors (Lipinski definition) is 0. The van der Waals surface area contributed by atoms with E-state index in [1.54, 1.807) is 37.5 Å². The molecule has 28 nitrogen and oxygen atoms in total. The van der Waals surface area contributed by atoms with Crippen molar-refractivity contribution in [1.82, 2.24) is 68.6 Å². The minimum atomic E-state index is -0.937. The van der Waals surface area contributed by atoms with Gasteiger partial charge >= 0.3 is 23.9 Å². The second-order valence-electron chi connectivity index (χ2n) is 38.5. The van der Waals surface area contributed by atoms with E-state index in [4.69, 9.17) is 18.9 Å². The summed E-state index contributed by atoms with van der Waals surface area (Å²) in [5.74, 6) is -10.1. The standard InChI is InChI=1S/C92H170N14O14/c1-69(117-89(113)79-45-27-23-41-75(79)83(107)101(57-31-49-93(5)6)58-32-50-94(7)8)65-105(66-70(2)118-90(114)80-46-28-24-42-76(80)84(108)102(59-33-51-95(9)10)60-34-52-96(11)12)87(111)73-39-21-22-40-74(73)88(112)106(67-71(3)119-91(115)81-47-29-25-43-77(81)85(109)103(61-35-53-97(13)14)62-36-54-98(15)16)68-72(4)120-92(116)82-48-30-26-44-78(82)86(110)104(63-37-55-99(17)18)64-38-56-100(19)20/h69-82H,21-68H2,1-20H3/t69?,70?,71?,72?,73-,74-,75-,76-,77-,78-,79-,80-,81-,82-/m0/s1. The summed E-state index contributed by atoms with van der Waals surface area (Å²) in [5, 5.41) is 0. The lowest BCUT2D eigenvalue weighted by Crippen LogP contribution is -2.52. The third-order valence-electron chi connectivity index (χ3n) is 25.3. The first-order valence-corrected chi connectivity index (χ1v) is 46.7. The van der Waals surface area contributed by atoms with Gasteiger partial charge in [0, 0.05) is 64.2 Å². The highest BCUT2D eigenvalue weighted by molar-refractivity contribution is 5.90. The highest BCUT2D eigenvalue weighted by Crippen LogP contribution is 2.40. The Morgan fingerprint density at radius 2 is 0.325 bits per heavy atom. The Labute approximate surface area is 726 Å². The lowest BCUT2D eigenvalue weighted by molar-refractivity contribution is -0.167. The average Bonchev–Trinajstić information content (AvgIpc) is 0.816. The third kappa shape index (κ3) is 37.3. The molecule has 0 saturated heterocycles. The van der Waals surface area contributed by atoms with Gasteiger partial charge in [-0.25, -0.2) is 0 Å². The van der Waals surface area contributed by atoms with E-state index < -0.39 is 119 Å². The molecule has 120 heavy (non-hydrogen) atoms. The summed E-state index contributed by atoms with van der Waals surface area (Å²) < 4.78 is 25.9. The van der Waals surface area contributed by atoms with E-state index >= 15 is 9.59 Å². The summed E-state index contributed by atoms with van der Waals surface area (Å²) in [4.78, 5) is 180. The van der Waals surface area contributed by atoms with Crippen LogP contribution in [0.2, 0.25) is 0 Å². The van der Waals surface area contributed by atoms with Crippen LogP contribution in [0.3, 0.4) is 0 Å². The van der Waals surface area contributed by atoms with Gasteiger partial charge in [0.2, 0.25) is 35.4 Å². The van der Waals surface area contributed by atoms with E-state index in [1.165, 1.54) is 0 Å². The summed E-state index contributed by atoms with van der Waals surface area (Å²) >= 11 is 0. The molecule has 0 aromatic heterocycles. The summed E-state index contributed by atoms with van der Waals surface area (Å²) in [6.07, 6.45) is 14.5. The number of nitrogens with zero attached hydrogens (tertiary/aromatic N) is 14. The van der Waals surface area contributed by atoms with E-state index in [0.717, 1.165) is 155 Å². The van der Waals surface area contributed by atoms with Gasteiger partial charge in [-0.15, -0.1) is 0 Å². The van der Waals surface area contributed by atoms with Crippen LogP contribution in [-0.2, 0) is 66.9 Å². The van der Waals surface area contributed by atoms with Gasteiger partial charge in [-0.05, 0) is 308 Å². The molecule has 4 unspecified atom stereocenters. The van der Waals surface area contributed by atoms with Gasteiger partial charge in [0.1, 0.15) is 24.4 Å². The first-order valence-electron chi connectivity index (χ1n) is 46.7. The number of carbonyl (C=O) groups excluding carboxylic acids is 10. The quantitative estimate of drug-likeness (QED) is 0.0410. The Kier molecular flexibility index (Phi) is 48.7. The van der Waals surface area contributed by atoms with E-state index in [9.17, 15) is 38.4 Å². The molecule has 28 heteroatoms. The van der Waals surface area contributed by atoms with Crippen LogP contribution >= 0.6 is 0 Å². The highest BCUT2D eigenvalue weighted by Gasteiger charge is 2.47. The van der Waals surface area contributed by atoms with Gasteiger partial charge < -0.3 is 87.5 Å². The predicted molar refractivity (Wildman–Crippen MR) is 474 cm³/mol. The van der Waals surface area contributed by atoms with Crippen LogP contribution < -0.4 is 0 Å². The zero-order chi connectivity index (χ0) is 88.7. The number of hydrogen-bond acceptors (Lipinski definition) is 22. The number of ether oxygens (including phenoxy) is 4. The van der Waals surface area contributed by atoms with Gasteiger partial charge in [0.15, 0.2) is 0 Å². The molecule has 0 radical (unpaired) electrons. The fraction of sp³-hybridized carbons (Fsp3) is 0.891. The maximum atomic E-state index is 16.3. The summed E-state index contributed by atoms with van der Waals surface area (Å²) in [6, 6.07) is 0. The zero-order valence-corrected chi connectivity index (χ0v) is 79.0. The van der Waals surface area contributed by atoms with Gasteiger partial charge in [-0.3, -0.25) is 47.9 Å². The summed E-state index contributed by atoms with van der Waals surface area (Å²) in [7, 11) is 32.2. The summed E-state index contributed by atoms with van der Waals surface area (Å²) in [5.41, 5.74) is 0. The number of esters is 4. The Balaban J connectivity index is 1.55. The van der Waals surface area contributed by atoms with Crippen molar-refractivity contribution >= 4 is 59.3 Å². The van der Waals surface area contributed by atoms with Crippen LogP contribution in [0.1, 0.15) is 207 Å². The van der Waals surface area contributed by atoms with Crippen LogP contribution in [-0.4, -0.2) is 396 Å². The second-order valence-corrected chi connectivity index (χ2v) is 38.5. The van der Waals surface area contributed by atoms with Crippen molar-refractivity contribution in [3.8, 4) is 0 Å². The molecular weight excluding hydrogens is 1530 g/mol. The molecule has 0 bridgehead atoms. The Bertz CT molecular complexity index is 2630. The van der Waals surface area contributed by atoms with Crippen LogP contribution in [0.25, 0.3) is 0 Å². The molecule has 0 aliphatic heterocycles. The highest BCUT2D eigenvalue weighted by atomic mass is 16.6. The SMILES string of the molecule is CC(CN(CC(C)OC(=O)[C@H]1CCCC[C@@H]1C(=O)N(CCCN(C)C)CCCN(C)C)C(=O)[C@H]1CCCC[C@@H]1C(=O)N(CC(C)OC(=O)[C@H]1CCCC[C@@H]1C(=O)N(CCCN(C)C)CCCN(C)C)CC(C)OC(=O)[C@H]1CCCC[C@@H]1C(=O)N(CCCN(C)C)CCCN(C)C)OC(=O)[C@H]1CCCC[C@@H]1C(=O)N(CCCN(C)C)CCCN(C)C. The van der Waals surface area contributed by atoms with E-state index in [-0.39, 0.29) is 49.8 Å². The molecule has 6 amide bonds. The molecule has 14 atom stereocenters. The fourth-order valence-electron chi connectivity index (χ4n) is 19.0. The van der Waals surface area contributed by atoms with E-state index in [2.05, 4.69) is 39.2 Å². The second kappa shape index (κ2) is 55.7. The molecule has 0 heterocycles. The maximum absolute atomic E-state index is 16.3. The molecule has 5 saturated carbocycles. The van der Waals surface area contributed by atoms with Gasteiger partial charge in [-0.1, -0.05) is 64.2 Å². The average molecular weight is 1700 g/mol. The van der Waals surface area contributed by atoms with Crippen LogP contribution in [0.5, 0.6) is 0 Å². The molecule has 5 aliphatic carbocycles. The minimum absolute atomic E-state index is 0.0473. The molecule has 0 aromatic rings. The monoisotopic (exact) mass is 1700 g/mol. The van der Waals surface area contributed by atoms with Crippen molar-refractivity contribution in [3.63, 3.8) is 0 Å². The van der Waals surface area contributed by atoms with Crippen molar-refractivity contribution in [3.05, 3.63) is 0 Å². The van der Waals surface area contributed by atoms with E-state index in [0.29, 0.717) is 129 Å². The summed E-state index contributed by atoms with van der Waals surface area (Å²) in [6.45, 7) is 17.3. The zero-order valence-electron chi connectivity index (χ0n) is 79.0.